The third kappa shape index (κ3) is 7.13. The van der Waals surface area contributed by atoms with Crippen molar-refractivity contribution >= 4 is 39.2 Å². The van der Waals surface area contributed by atoms with E-state index in [1.165, 1.54) is 36.4 Å². The number of nitro benzene ring substituents is 1. The van der Waals surface area contributed by atoms with E-state index in [1.807, 2.05) is 4.72 Å². The molecular weight excluding hydrogens is 494 g/mol. The second-order valence-corrected chi connectivity index (χ2v) is 9.25. The SMILES string of the molecule is O=C(NCC(NS(=O)(=O)c1ccccc1)C(=O)O)c1ccc(NCCNC2=NCCN2)c([N+](=O)[O-])c1. The lowest BCUT2D eigenvalue weighted by Crippen LogP contribution is -2.48. The van der Waals surface area contributed by atoms with Gasteiger partial charge < -0.3 is 26.4 Å². The highest BCUT2D eigenvalue weighted by Crippen LogP contribution is 2.25. The van der Waals surface area contributed by atoms with Crippen molar-refractivity contribution in [1.82, 2.24) is 20.7 Å². The van der Waals surface area contributed by atoms with Crippen LogP contribution in [0.4, 0.5) is 11.4 Å². The second-order valence-electron chi connectivity index (χ2n) is 7.53. The minimum absolute atomic E-state index is 0.0926. The molecule has 2 aromatic rings. The van der Waals surface area contributed by atoms with E-state index in [4.69, 9.17) is 0 Å². The zero-order valence-electron chi connectivity index (χ0n) is 18.9. The molecule has 2 aromatic carbocycles. The van der Waals surface area contributed by atoms with Gasteiger partial charge in [0.1, 0.15) is 11.7 Å². The van der Waals surface area contributed by atoms with Gasteiger partial charge in [0.15, 0.2) is 5.96 Å². The van der Waals surface area contributed by atoms with Crippen LogP contribution < -0.4 is 26.0 Å². The first-order valence-corrected chi connectivity index (χ1v) is 12.3. The number of sulfonamides is 1. The fraction of sp³-hybridized carbons (Fsp3) is 0.286. The Balaban J connectivity index is 1.61. The summed E-state index contributed by atoms with van der Waals surface area (Å²) < 4.78 is 26.9. The van der Waals surface area contributed by atoms with Gasteiger partial charge in [0.25, 0.3) is 11.6 Å². The Hall–Kier alpha value is -4.24. The van der Waals surface area contributed by atoms with Gasteiger partial charge >= 0.3 is 5.97 Å². The zero-order valence-corrected chi connectivity index (χ0v) is 19.7. The highest BCUT2D eigenvalue weighted by Gasteiger charge is 2.26. The maximum absolute atomic E-state index is 12.5. The van der Waals surface area contributed by atoms with Crippen molar-refractivity contribution in [2.75, 3.05) is 38.0 Å². The van der Waals surface area contributed by atoms with Crippen molar-refractivity contribution in [2.24, 2.45) is 4.99 Å². The number of carbonyl (C=O) groups is 2. The fourth-order valence-corrected chi connectivity index (χ4v) is 4.41. The van der Waals surface area contributed by atoms with E-state index >= 15 is 0 Å². The van der Waals surface area contributed by atoms with Crippen LogP contribution in [-0.4, -0.2) is 75.0 Å². The van der Waals surface area contributed by atoms with Crippen LogP contribution in [0.15, 0.2) is 58.4 Å². The van der Waals surface area contributed by atoms with E-state index in [9.17, 15) is 33.2 Å². The molecule has 6 N–H and O–H groups in total. The molecule has 1 heterocycles. The molecule has 0 bridgehead atoms. The zero-order chi connectivity index (χ0) is 26.1. The third-order valence-electron chi connectivity index (χ3n) is 4.98. The van der Waals surface area contributed by atoms with Crippen LogP contribution in [0.2, 0.25) is 0 Å². The first kappa shape index (κ1) is 26.4. The molecule has 0 saturated heterocycles. The van der Waals surface area contributed by atoms with E-state index in [-0.39, 0.29) is 21.8 Å². The van der Waals surface area contributed by atoms with E-state index in [0.29, 0.717) is 25.6 Å². The molecule has 1 amide bonds. The lowest BCUT2D eigenvalue weighted by atomic mass is 10.1. The van der Waals surface area contributed by atoms with Crippen LogP contribution in [0.25, 0.3) is 0 Å². The Morgan fingerprint density at radius 3 is 2.50 bits per heavy atom. The quantitative estimate of drug-likeness (QED) is 0.123. The molecule has 0 aliphatic carbocycles. The average Bonchev–Trinajstić information content (AvgIpc) is 3.38. The number of anilines is 1. The Bertz CT molecular complexity index is 1250. The number of rotatable bonds is 12. The Kier molecular flexibility index (Phi) is 8.75. The van der Waals surface area contributed by atoms with Gasteiger partial charge in [-0.1, -0.05) is 18.2 Å². The molecule has 192 valence electrons. The molecule has 15 heteroatoms. The summed E-state index contributed by atoms with van der Waals surface area (Å²) in [7, 11) is -4.15. The summed E-state index contributed by atoms with van der Waals surface area (Å²) >= 11 is 0. The molecule has 1 unspecified atom stereocenters. The van der Waals surface area contributed by atoms with Gasteiger partial charge in [-0.3, -0.25) is 24.7 Å². The third-order valence-corrected chi connectivity index (χ3v) is 6.47. The summed E-state index contributed by atoms with van der Waals surface area (Å²) in [6, 6.07) is 9.25. The number of benzene rings is 2. The Morgan fingerprint density at radius 2 is 1.86 bits per heavy atom. The maximum Gasteiger partial charge on any atom is 0.323 e. The lowest BCUT2D eigenvalue weighted by Gasteiger charge is -2.16. The number of carboxylic acids is 1. The summed E-state index contributed by atoms with van der Waals surface area (Å²) in [6.45, 7) is 1.63. The molecular formula is C21H25N7O7S. The summed E-state index contributed by atoms with van der Waals surface area (Å²) in [5.41, 5.74) is -0.248. The standard InChI is InChI=1S/C21H25N7O7S/c29-19(26-13-17(20(30)31)27-36(34,35)15-4-2-1-3-5-15)14-6-7-16(18(12-14)28(32)33)22-8-9-23-21-24-10-11-25-21/h1-7,12,17,22,27H,8-11,13H2,(H,26,29)(H,30,31)(H2,23,24,25). The minimum Gasteiger partial charge on any atom is -0.480 e. The van der Waals surface area contributed by atoms with Gasteiger partial charge in [-0.2, -0.15) is 4.72 Å². The number of carboxylic acid groups (broad SMARTS) is 1. The summed E-state index contributed by atoms with van der Waals surface area (Å²) in [6.07, 6.45) is 0. The monoisotopic (exact) mass is 519 g/mol. The van der Waals surface area contributed by atoms with Crippen molar-refractivity contribution in [2.45, 2.75) is 10.9 Å². The van der Waals surface area contributed by atoms with Crippen LogP contribution in [0.3, 0.4) is 0 Å². The van der Waals surface area contributed by atoms with Gasteiger partial charge in [0, 0.05) is 37.8 Å². The Morgan fingerprint density at radius 1 is 1.14 bits per heavy atom. The summed E-state index contributed by atoms with van der Waals surface area (Å²) in [4.78, 5) is 39.0. The number of hydrogen-bond donors (Lipinski definition) is 6. The number of nitro groups is 1. The van der Waals surface area contributed by atoms with Gasteiger partial charge in [-0.25, -0.2) is 8.42 Å². The van der Waals surface area contributed by atoms with E-state index in [1.54, 1.807) is 6.07 Å². The molecule has 0 radical (unpaired) electrons. The molecule has 1 aliphatic heterocycles. The molecule has 3 rings (SSSR count). The molecule has 0 saturated carbocycles. The predicted molar refractivity (Wildman–Crippen MR) is 130 cm³/mol. The van der Waals surface area contributed by atoms with E-state index in [0.717, 1.165) is 12.6 Å². The fourth-order valence-electron chi connectivity index (χ4n) is 3.20. The first-order valence-electron chi connectivity index (χ1n) is 10.8. The van der Waals surface area contributed by atoms with Crippen LogP contribution >= 0.6 is 0 Å². The molecule has 0 aromatic heterocycles. The molecule has 14 nitrogen and oxygen atoms in total. The van der Waals surface area contributed by atoms with Gasteiger partial charge in [0.2, 0.25) is 10.0 Å². The topological polar surface area (TPSA) is 204 Å². The van der Waals surface area contributed by atoms with Crippen molar-refractivity contribution in [3.63, 3.8) is 0 Å². The van der Waals surface area contributed by atoms with Crippen molar-refractivity contribution in [3.8, 4) is 0 Å². The molecule has 36 heavy (non-hydrogen) atoms. The predicted octanol–water partition coefficient (Wildman–Crippen LogP) is -0.283. The summed E-state index contributed by atoms with van der Waals surface area (Å²) in [5.74, 6) is -1.65. The number of nitrogens with zero attached hydrogens (tertiary/aromatic N) is 2. The average molecular weight is 520 g/mol. The van der Waals surface area contributed by atoms with Gasteiger partial charge in [-0.05, 0) is 24.3 Å². The number of hydrogen-bond acceptors (Lipinski definition) is 10. The molecule has 1 atom stereocenters. The summed E-state index contributed by atoms with van der Waals surface area (Å²) in [5, 5.41) is 32.2. The first-order chi connectivity index (χ1) is 17.2. The van der Waals surface area contributed by atoms with E-state index < -0.39 is 39.4 Å². The van der Waals surface area contributed by atoms with Gasteiger partial charge in [-0.15, -0.1) is 0 Å². The van der Waals surface area contributed by atoms with Crippen LogP contribution in [0.5, 0.6) is 0 Å². The second kappa shape index (κ2) is 11.9. The number of guanidine groups is 1. The smallest absolute Gasteiger partial charge is 0.323 e. The minimum atomic E-state index is -4.15. The normalized spacial score (nSPS) is 13.7. The number of amides is 1. The molecule has 0 fully saturated rings. The number of aliphatic carboxylic acids is 1. The molecule has 1 aliphatic rings. The van der Waals surface area contributed by atoms with Crippen molar-refractivity contribution in [1.29, 1.82) is 0 Å². The van der Waals surface area contributed by atoms with Gasteiger partial charge in [0.05, 0.1) is 16.4 Å². The largest absolute Gasteiger partial charge is 0.480 e. The molecule has 0 spiro atoms. The van der Waals surface area contributed by atoms with Crippen LogP contribution in [-0.2, 0) is 14.8 Å². The number of nitrogens with one attached hydrogen (secondary N) is 5. The highest BCUT2D eigenvalue weighted by atomic mass is 32.2. The number of carbonyl (C=O) groups excluding carboxylic acids is 1. The van der Waals surface area contributed by atoms with Crippen LogP contribution in [0.1, 0.15) is 10.4 Å². The van der Waals surface area contributed by atoms with E-state index in [2.05, 4.69) is 26.3 Å². The lowest BCUT2D eigenvalue weighted by molar-refractivity contribution is -0.384. The maximum atomic E-state index is 12.5. The van der Waals surface area contributed by atoms with Crippen molar-refractivity contribution in [3.05, 3.63) is 64.2 Å². The Labute approximate surface area is 206 Å². The van der Waals surface area contributed by atoms with Crippen molar-refractivity contribution < 1.29 is 28.0 Å². The van der Waals surface area contributed by atoms with Crippen LogP contribution in [0, 0.1) is 10.1 Å². The number of aliphatic imine (C=N–C) groups is 1. The highest BCUT2D eigenvalue weighted by molar-refractivity contribution is 7.89.